The molecule has 0 amide bonds. The quantitative estimate of drug-likeness (QED) is 0.0411. The molecule has 458 valence electrons. The minimum Gasteiger partial charge on any atom is -0.461 e. The summed E-state index contributed by atoms with van der Waals surface area (Å²) in [6.07, 6.45) is 5.47. The van der Waals surface area contributed by atoms with Gasteiger partial charge in [0.2, 0.25) is 0 Å². The van der Waals surface area contributed by atoms with E-state index in [1.807, 2.05) is 152 Å². The summed E-state index contributed by atoms with van der Waals surface area (Å²) >= 11 is 0. The summed E-state index contributed by atoms with van der Waals surface area (Å²) in [5.74, 6) is 1.51. The highest BCUT2D eigenvalue weighted by molar-refractivity contribution is 6.74. The van der Waals surface area contributed by atoms with Gasteiger partial charge in [-0.1, -0.05) is 193 Å². The van der Waals surface area contributed by atoms with Crippen LogP contribution in [-0.2, 0) is 84.9 Å². The third-order valence-electron chi connectivity index (χ3n) is 21.2. The fourth-order valence-corrected chi connectivity index (χ4v) is 16.9. The molecule has 11 nitrogen and oxygen atoms in total. The van der Waals surface area contributed by atoms with Gasteiger partial charge >= 0.3 is 11.9 Å². The van der Waals surface area contributed by atoms with Crippen molar-refractivity contribution in [2.75, 3.05) is 13.2 Å². The fourth-order valence-electron chi connectivity index (χ4n) is 15.5. The highest BCUT2D eigenvalue weighted by atomic mass is 28.4. The summed E-state index contributed by atoms with van der Waals surface area (Å²) in [5, 5.41) is 0.100. The maximum absolute atomic E-state index is 15.1. The first-order chi connectivity index (χ1) is 41.0. The molecule has 15 atom stereocenters. The predicted molar refractivity (Wildman–Crippen MR) is 333 cm³/mol. The normalized spacial score (nSPS) is 30.5. The van der Waals surface area contributed by atoms with Gasteiger partial charge in [-0.15, -0.1) is 0 Å². The van der Waals surface area contributed by atoms with E-state index in [0.717, 1.165) is 85.6 Å². The standard InChI is InChI=1S/C73H96O11Si/c1-51(34-37-64(74)77-45-53-26-16-10-17-27-53)59-35-36-60-66-61(39-41-73(59,60)6)72(5)40-38-58(84-85(7,8)71(2,3)4)42-57(72)43-62(66)82-65(75)50-81-70-69(80-48-56-32-22-13-23-33-56)68(79-47-55-30-20-12-21-31-55)67(78-46-54-28-18-11-19-29-54)63(83-70)49-76-44-52-24-14-9-15-25-52/h9-33,51,57-63,66-70H,34-50H2,1-8H3/t51-,57?,58?,59+,60?,61?,62?,63?,66?,67?,68?,69?,70?,72-,73+/m0/s1. The highest BCUT2D eigenvalue weighted by Crippen LogP contribution is 2.69. The number of hydrogen-bond donors (Lipinski definition) is 0. The second-order valence-corrected chi connectivity index (χ2v) is 32.3. The highest BCUT2D eigenvalue weighted by Gasteiger charge is 2.64. The zero-order chi connectivity index (χ0) is 59.6. The summed E-state index contributed by atoms with van der Waals surface area (Å²) in [6, 6.07) is 50.2. The van der Waals surface area contributed by atoms with Crippen LogP contribution in [0.1, 0.15) is 134 Å². The average Bonchev–Trinajstić information content (AvgIpc) is 1.97. The summed E-state index contributed by atoms with van der Waals surface area (Å²) in [5.41, 5.74) is 5.13. The molecule has 5 aromatic carbocycles. The smallest absolute Gasteiger partial charge is 0.332 e. The van der Waals surface area contributed by atoms with Crippen molar-refractivity contribution >= 4 is 20.3 Å². The predicted octanol–water partition coefficient (Wildman–Crippen LogP) is 15.4. The molecule has 11 unspecified atom stereocenters. The average molecular weight is 1180 g/mol. The number of benzene rings is 5. The monoisotopic (exact) mass is 1180 g/mol. The van der Waals surface area contributed by atoms with Crippen LogP contribution in [0.4, 0.5) is 0 Å². The molecule has 0 spiro atoms. The van der Waals surface area contributed by atoms with Gasteiger partial charge in [-0.05, 0) is 144 Å². The van der Waals surface area contributed by atoms with Gasteiger partial charge in [0.25, 0.3) is 0 Å². The molecule has 0 aromatic heterocycles. The molecule has 0 N–H and O–H groups in total. The van der Waals surface area contributed by atoms with E-state index in [2.05, 4.69) is 54.6 Å². The number of hydrogen-bond acceptors (Lipinski definition) is 11. The van der Waals surface area contributed by atoms with Gasteiger partial charge in [-0.25, -0.2) is 4.79 Å². The third kappa shape index (κ3) is 15.5. The molecular formula is C73H96O11Si. The van der Waals surface area contributed by atoms with Crippen LogP contribution >= 0.6 is 0 Å². The van der Waals surface area contributed by atoms with E-state index in [0.29, 0.717) is 55.8 Å². The Hall–Kier alpha value is -5.02. The van der Waals surface area contributed by atoms with Crippen LogP contribution in [0.3, 0.4) is 0 Å². The SMILES string of the molecule is C[C@@H](CCC(=O)OCc1ccccc1)[C@H]1CCC2C3C(OC(=O)COC4OC(COCc5ccccc5)C(OCc5ccccc5)C(OCc5ccccc5)C4OCc4ccccc4)CC4CC(O[Si](C)(C)C(C)(C)C)CC[C@]4(C)C3CC[C@@]21C. The van der Waals surface area contributed by atoms with Crippen LogP contribution in [0.5, 0.6) is 0 Å². The van der Waals surface area contributed by atoms with Crippen molar-refractivity contribution in [2.45, 2.75) is 200 Å². The molecule has 1 saturated heterocycles. The van der Waals surface area contributed by atoms with E-state index in [9.17, 15) is 4.79 Å². The van der Waals surface area contributed by atoms with Gasteiger partial charge < -0.3 is 42.3 Å². The van der Waals surface area contributed by atoms with Crippen molar-refractivity contribution in [1.29, 1.82) is 0 Å². The molecule has 5 aliphatic rings. The first kappa shape index (κ1) is 63.0. The lowest BCUT2D eigenvalue weighted by molar-refractivity contribution is -0.328. The van der Waals surface area contributed by atoms with E-state index in [1.54, 1.807) is 0 Å². The van der Waals surface area contributed by atoms with E-state index in [-0.39, 0.29) is 66.4 Å². The van der Waals surface area contributed by atoms with Gasteiger partial charge in [0.05, 0.1) is 33.0 Å². The number of ether oxygens (including phenoxy) is 8. The van der Waals surface area contributed by atoms with Crippen LogP contribution in [0.25, 0.3) is 0 Å². The molecule has 5 fully saturated rings. The lowest BCUT2D eigenvalue weighted by atomic mass is 9.43. The molecule has 12 heteroatoms. The Morgan fingerprint density at radius 2 is 1.09 bits per heavy atom. The van der Waals surface area contributed by atoms with Crippen LogP contribution < -0.4 is 0 Å². The number of carbonyl (C=O) groups excluding carboxylic acids is 2. The van der Waals surface area contributed by atoms with Crippen LogP contribution in [-0.4, -0.2) is 76.4 Å². The van der Waals surface area contributed by atoms with Crippen molar-refractivity contribution in [3.8, 4) is 0 Å². The maximum atomic E-state index is 15.1. The van der Waals surface area contributed by atoms with E-state index >= 15 is 4.79 Å². The Bertz CT molecular complexity index is 2850. The van der Waals surface area contributed by atoms with Crippen molar-refractivity contribution in [2.24, 2.45) is 46.3 Å². The Balaban J connectivity index is 0.911. The first-order valence-electron chi connectivity index (χ1n) is 31.9. The van der Waals surface area contributed by atoms with E-state index in [4.69, 9.17) is 42.3 Å². The molecule has 10 rings (SSSR count). The lowest BCUT2D eigenvalue weighted by Gasteiger charge is -2.63. The third-order valence-corrected chi connectivity index (χ3v) is 25.7. The van der Waals surface area contributed by atoms with Gasteiger partial charge in [-0.2, -0.15) is 0 Å². The van der Waals surface area contributed by atoms with Crippen molar-refractivity contribution < 1.29 is 51.9 Å². The number of esters is 2. The van der Waals surface area contributed by atoms with E-state index in [1.165, 1.54) is 0 Å². The van der Waals surface area contributed by atoms with Crippen molar-refractivity contribution in [3.05, 3.63) is 179 Å². The minimum atomic E-state index is -2.05. The van der Waals surface area contributed by atoms with Crippen molar-refractivity contribution in [3.63, 3.8) is 0 Å². The molecule has 4 aliphatic carbocycles. The molecule has 0 radical (unpaired) electrons. The molecule has 1 aliphatic heterocycles. The second kappa shape index (κ2) is 28.4. The largest absolute Gasteiger partial charge is 0.461 e. The Morgan fingerprint density at radius 3 is 1.66 bits per heavy atom. The molecule has 4 saturated carbocycles. The van der Waals surface area contributed by atoms with Gasteiger partial charge in [0, 0.05) is 18.4 Å². The first-order valence-corrected chi connectivity index (χ1v) is 34.8. The Kier molecular flexibility index (Phi) is 21.1. The molecule has 0 bridgehead atoms. The fraction of sp³-hybridized carbons (Fsp3) is 0.562. The molecule has 85 heavy (non-hydrogen) atoms. The van der Waals surface area contributed by atoms with Crippen LogP contribution in [0.15, 0.2) is 152 Å². The molecule has 1 heterocycles. The van der Waals surface area contributed by atoms with Gasteiger partial charge in [-0.3, -0.25) is 4.79 Å². The summed E-state index contributed by atoms with van der Waals surface area (Å²) in [6.45, 7) is 20.5. The zero-order valence-corrected chi connectivity index (χ0v) is 53.0. The minimum absolute atomic E-state index is 0.0340. The molecule has 5 aromatic rings. The van der Waals surface area contributed by atoms with Crippen molar-refractivity contribution in [1.82, 2.24) is 0 Å². The van der Waals surface area contributed by atoms with Crippen LogP contribution in [0, 0.1) is 46.3 Å². The Labute approximate surface area is 508 Å². The summed E-state index contributed by atoms with van der Waals surface area (Å²) < 4.78 is 61.3. The van der Waals surface area contributed by atoms with Gasteiger partial charge in [0.15, 0.2) is 14.6 Å². The number of fused-ring (bicyclic) bond motifs is 5. The summed E-state index contributed by atoms with van der Waals surface area (Å²) in [4.78, 5) is 28.3. The Morgan fingerprint density at radius 1 is 0.588 bits per heavy atom. The topological polar surface area (TPSA) is 117 Å². The lowest BCUT2D eigenvalue weighted by Crippen LogP contribution is -2.62. The maximum Gasteiger partial charge on any atom is 0.332 e. The van der Waals surface area contributed by atoms with Gasteiger partial charge in [0.1, 0.15) is 43.7 Å². The summed E-state index contributed by atoms with van der Waals surface area (Å²) in [7, 11) is -2.05. The molecular weight excluding hydrogens is 1080 g/mol. The van der Waals surface area contributed by atoms with Crippen LogP contribution in [0.2, 0.25) is 18.1 Å². The number of carbonyl (C=O) groups is 2. The number of rotatable bonds is 25. The van der Waals surface area contributed by atoms with E-state index < -0.39 is 45.0 Å². The second-order valence-electron chi connectivity index (χ2n) is 27.6. The zero-order valence-electron chi connectivity index (χ0n) is 52.0.